The van der Waals surface area contributed by atoms with Crippen molar-refractivity contribution in [3.05, 3.63) is 33.0 Å². The maximum atomic E-state index is 13.5. The van der Waals surface area contributed by atoms with Crippen LogP contribution in [-0.4, -0.2) is 19.6 Å². The predicted molar refractivity (Wildman–Crippen MR) is 68.2 cm³/mol. The van der Waals surface area contributed by atoms with Crippen LogP contribution in [0.5, 0.6) is 5.75 Å². The summed E-state index contributed by atoms with van der Waals surface area (Å²) in [6.45, 7) is 0. The Balaban J connectivity index is 2.66. The van der Waals surface area contributed by atoms with E-state index in [-0.39, 0.29) is 21.4 Å². The van der Waals surface area contributed by atoms with Crippen molar-refractivity contribution in [1.29, 1.82) is 0 Å². The summed E-state index contributed by atoms with van der Waals surface area (Å²) in [7, 11) is 1.59. The second-order valence-corrected chi connectivity index (χ2v) is 4.72. The fraction of sp³-hybridized carbons (Fsp3) is 0.0909. The summed E-state index contributed by atoms with van der Waals surface area (Å²) in [6, 6.07) is 1.20. The topological polar surface area (TPSA) is 70.9 Å². The fourth-order valence-electron chi connectivity index (χ4n) is 1.95. The van der Waals surface area contributed by atoms with Crippen LogP contribution in [-0.2, 0) is 7.05 Å². The van der Waals surface area contributed by atoms with Gasteiger partial charge in [-0.3, -0.25) is 9.55 Å². The molecule has 0 saturated carbocycles. The van der Waals surface area contributed by atoms with Gasteiger partial charge in [-0.25, -0.2) is 9.18 Å². The molecule has 0 amide bonds. The van der Waals surface area contributed by atoms with Gasteiger partial charge in [0.2, 0.25) is 0 Å². The Morgan fingerprint density at radius 2 is 2.28 bits per heavy atom. The first-order chi connectivity index (χ1) is 8.50. The van der Waals surface area contributed by atoms with Crippen LogP contribution in [0.15, 0.2) is 21.5 Å². The van der Waals surface area contributed by atoms with Gasteiger partial charge < -0.3 is 10.1 Å². The molecule has 0 bridgehead atoms. The number of nitrogens with zero attached hydrogens (tertiary/aromatic N) is 2. The number of hydrogen-bond acceptors (Lipinski definition) is 3. The van der Waals surface area contributed by atoms with E-state index >= 15 is 0 Å². The maximum Gasteiger partial charge on any atom is 0.326 e. The van der Waals surface area contributed by atoms with Crippen LogP contribution in [0.2, 0.25) is 0 Å². The highest BCUT2D eigenvalue weighted by molar-refractivity contribution is 9.10. The van der Waals surface area contributed by atoms with Gasteiger partial charge in [-0.15, -0.1) is 0 Å². The lowest BCUT2D eigenvalue weighted by Crippen LogP contribution is -2.11. The van der Waals surface area contributed by atoms with Crippen LogP contribution in [0, 0.1) is 5.82 Å². The van der Waals surface area contributed by atoms with Crippen molar-refractivity contribution in [3.8, 4) is 5.75 Å². The van der Waals surface area contributed by atoms with E-state index in [1.165, 1.54) is 16.8 Å². The smallest absolute Gasteiger partial charge is 0.326 e. The van der Waals surface area contributed by atoms with Gasteiger partial charge in [-0.05, 0) is 15.9 Å². The van der Waals surface area contributed by atoms with Gasteiger partial charge >= 0.3 is 5.69 Å². The van der Waals surface area contributed by atoms with E-state index in [2.05, 4.69) is 25.9 Å². The Labute approximate surface area is 108 Å². The highest BCUT2D eigenvalue weighted by Crippen LogP contribution is 2.37. The van der Waals surface area contributed by atoms with E-state index in [0.29, 0.717) is 16.4 Å². The molecule has 3 aromatic rings. The van der Waals surface area contributed by atoms with Crippen LogP contribution in [0.4, 0.5) is 4.39 Å². The number of benzene rings is 1. The minimum Gasteiger partial charge on any atom is -0.506 e. The first kappa shape index (κ1) is 11.2. The molecule has 0 aliphatic heterocycles. The summed E-state index contributed by atoms with van der Waals surface area (Å²) in [5.41, 5.74) is 0.939. The quantitative estimate of drug-likeness (QED) is 0.667. The Morgan fingerprint density at radius 3 is 3.00 bits per heavy atom. The second kappa shape index (κ2) is 3.55. The van der Waals surface area contributed by atoms with Gasteiger partial charge in [-0.1, -0.05) is 0 Å². The van der Waals surface area contributed by atoms with Crippen molar-refractivity contribution < 1.29 is 9.50 Å². The molecule has 5 nitrogen and oxygen atoms in total. The van der Waals surface area contributed by atoms with E-state index in [0.717, 1.165) is 0 Å². The lowest BCUT2D eigenvalue weighted by molar-refractivity contribution is 0.471. The number of fused-ring (bicyclic) bond motifs is 3. The molecule has 7 heteroatoms. The van der Waals surface area contributed by atoms with Crippen LogP contribution < -0.4 is 5.69 Å². The molecule has 92 valence electrons. The number of pyridine rings is 1. The summed E-state index contributed by atoms with van der Waals surface area (Å²) in [5.74, 6) is -0.880. The molecule has 2 N–H and O–H groups in total. The molecule has 0 aliphatic rings. The highest BCUT2D eigenvalue weighted by atomic mass is 79.9. The molecule has 0 aliphatic carbocycles. The molecule has 2 aromatic heterocycles. The van der Waals surface area contributed by atoms with E-state index in [9.17, 15) is 14.3 Å². The first-order valence-corrected chi connectivity index (χ1v) is 5.84. The number of aromatic amines is 1. The average Bonchev–Trinajstić information content (AvgIpc) is 2.62. The Hall–Kier alpha value is -1.89. The monoisotopic (exact) mass is 311 g/mol. The van der Waals surface area contributed by atoms with Gasteiger partial charge in [0.1, 0.15) is 11.6 Å². The number of phenols is 1. The third-order valence-corrected chi connectivity index (χ3v) is 3.66. The van der Waals surface area contributed by atoms with E-state index in [1.54, 1.807) is 7.05 Å². The molecule has 0 spiro atoms. The van der Waals surface area contributed by atoms with Crippen molar-refractivity contribution in [1.82, 2.24) is 14.5 Å². The van der Waals surface area contributed by atoms with Gasteiger partial charge in [0.05, 0.1) is 32.6 Å². The summed E-state index contributed by atoms with van der Waals surface area (Å²) in [5, 5.41) is 10.3. The predicted octanol–water partition coefficient (Wildman–Crippen LogP) is 2.02. The summed E-state index contributed by atoms with van der Waals surface area (Å²) < 4.78 is 14.8. The number of hydrogen-bond donors (Lipinski definition) is 2. The van der Waals surface area contributed by atoms with Crippen molar-refractivity contribution >= 4 is 37.9 Å². The van der Waals surface area contributed by atoms with Gasteiger partial charge in [0.25, 0.3) is 0 Å². The highest BCUT2D eigenvalue weighted by Gasteiger charge is 2.16. The zero-order chi connectivity index (χ0) is 13.0. The number of imidazole rings is 1. The molecule has 0 atom stereocenters. The van der Waals surface area contributed by atoms with Crippen LogP contribution in [0.3, 0.4) is 0 Å². The Kier molecular flexibility index (Phi) is 2.21. The number of halogens is 2. The molecule has 1 aromatic carbocycles. The number of rotatable bonds is 0. The molecule has 2 heterocycles. The van der Waals surface area contributed by atoms with E-state index in [4.69, 9.17) is 0 Å². The maximum absolute atomic E-state index is 13.5. The number of aryl methyl sites for hydroxylation is 1. The number of aromatic hydroxyl groups is 1. The normalized spacial score (nSPS) is 11.5. The van der Waals surface area contributed by atoms with Crippen molar-refractivity contribution in [2.24, 2.45) is 7.05 Å². The minimum absolute atomic E-state index is 0.0472. The number of nitrogens with one attached hydrogen (secondary N) is 1. The van der Waals surface area contributed by atoms with Gasteiger partial charge in [0.15, 0.2) is 0 Å². The zero-order valence-corrected chi connectivity index (χ0v) is 10.7. The average molecular weight is 312 g/mol. The molecular formula is C11H7BrFN3O2. The molecule has 0 saturated heterocycles. The molecule has 3 rings (SSSR count). The van der Waals surface area contributed by atoms with E-state index in [1.807, 2.05) is 0 Å². The Morgan fingerprint density at radius 1 is 1.56 bits per heavy atom. The third-order valence-electron chi connectivity index (χ3n) is 2.90. The first-order valence-electron chi connectivity index (χ1n) is 5.05. The molecule has 0 radical (unpaired) electrons. The summed E-state index contributed by atoms with van der Waals surface area (Å²) in [4.78, 5) is 18.2. The van der Waals surface area contributed by atoms with Crippen molar-refractivity contribution in [3.63, 3.8) is 0 Å². The van der Waals surface area contributed by atoms with Crippen LogP contribution in [0.25, 0.3) is 21.9 Å². The minimum atomic E-state index is -0.606. The van der Waals surface area contributed by atoms with Crippen molar-refractivity contribution in [2.75, 3.05) is 0 Å². The summed E-state index contributed by atoms with van der Waals surface area (Å²) in [6.07, 6.45) is 1.46. The number of H-pyrrole nitrogens is 1. The SMILES string of the molecule is Cn1c(=O)[nH]c2c3c(O)c(Br)c(F)cc3ncc21. The lowest BCUT2D eigenvalue weighted by Gasteiger charge is -2.05. The van der Waals surface area contributed by atoms with E-state index < -0.39 is 5.82 Å². The Bertz CT molecular complexity index is 853. The molecule has 0 fully saturated rings. The molecule has 0 unspecified atom stereocenters. The largest absolute Gasteiger partial charge is 0.506 e. The van der Waals surface area contributed by atoms with Crippen molar-refractivity contribution in [2.45, 2.75) is 0 Å². The van der Waals surface area contributed by atoms with Gasteiger partial charge in [-0.2, -0.15) is 0 Å². The zero-order valence-electron chi connectivity index (χ0n) is 9.16. The fourth-order valence-corrected chi connectivity index (χ4v) is 2.27. The third kappa shape index (κ3) is 1.30. The van der Waals surface area contributed by atoms with Crippen LogP contribution >= 0.6 is 15.9 Å². The molecule has 18 heavy (non-hydrogen) atoms. The standard InChI is InChI=1S/C11H7BrFN3O2/c1-16-6-3-14-5-2-4(13)8(12)10(17)7(5)9(6)15-11(16)18/h2-3,17H,1H3,(H,15,18). The number of phenolic OH excluding ortho intramolecular Hbond substituents is 1. The summed E-state index contributed by atoms with van der Waals surface area (Å²) >= 11 is 2.96. The van der Waals surface area contributed by atoms with Crippen LogP contribution in [0.1, 0.15) is 0 Å². The lowest BCUT2D eigenvalue weighted by atomic mass is 10.1. The molecular weight excluding hydrogens is 305 g/mol. The second-order valence-electron chi connectivity index (χ2n) is 3.92. The number of aromatic nitrogens is 3. The van der Waals surface area contributed by atoms with Gasteiger partial charge in [0, 0.05) is 13.1 Å².